The van der Waals surface area contributed by atoms with Crippen LogP contribution in [0.4, 0.5) is 4.39 Å². The van der Waals surface area contributed by atoms with Gasteiger partial charge in [0, 0.05) is 6.04 Å². The lowest BCUT2D eigenvalue weighted by Gasteiger charge is -2.13. The SMILES string of the molecule is CC(C)CC[C@@H](N)c1ccc(F)c(Br)c1. The molecule has 1 atom stereocenters. The van der Waals surface area contributed by atoms with E-state index in [9.17, 15) is 4.39 Å². The molecule has 0 aromatic heterocycles. The maximum absolute atomic E-state index is 13.0. The molecular weight excluding hydrogens is 257 g/mol. The molecule has 0 aliphatic heterocycles. The van der Waals surface area contributed by atoms with E-state index in [4.69, 9.17) is 5.73 Å². The molecular formula is C12H17BrFN. The molecule has 84 valence electrons. The van der Waals surface area contributed by atoms with Gasteiger partial charge >= 0.3 is 0 Å². The van der Waals surface area contributed by atoms with Crippen LogP contribution in [0.2, 0.25) is 0 Å². The van der Waals surface area contributed by atoms with Crippen molar-refractivity contribution >= 4 is 15.9 Å². The minimum Gasteiger partial charge on any atom is -0.324 e. The van der Waals surface area contributed by atoms with Gasteiger partial charge in [0.2, 0.25) is 0 Å². The minimum atomic E-state index is -0.241. The van der Waals surface area contributed by atoms with Gasteiger partial charge in [-0.25, -0.2) is 4.39 Å². The second kappa shape index (κ2) is 5.61. The molecule has 1 aromatic rings. The van der Waals surface area contributed by atoms with Gasteiger partial charge < -0.3 is 5.73 Å². The molecule has 0 radical (unpaired) electrons. The Balaban J connectivity index is 2.65. The molecule has 1 nitrogen and oxygen atoms in total. The van der Waals surface area contributed by atoms with Crippen LogP contribution in [0.1, 0.15) is 38.3 Å². The second-order valence-corrected chi connectivity index (χ2v) is 5.11. The fourth-order valence-electron chi connectivity index (χ4n) is 1.42. The average molecular weight is 274 g/mol. The van der Waals surface area contributed by atoms with Gasteiger partial charge in [0.15, 0.2) is 0 Å². The number of halogens is 2. The van der Waals surface area contributed by atoms with Gasteiger partial charge in [-0.15, -0.1) is 0 Å². The van der Waals surface area contributed by atoms with Crippen molar-refractivity contribution in [2.45, 2.75) is 32.7 Å². The van der Waals surface area contributed by atoms with E-state index in [0.29, 0.717) is 10.4 Å². The molecule has 0 bridgehead atoms. The average Bonchev–Trinajstić information content (AvgIpc) is 2.18. The lowest BCUT2D eigenvalue weighted by Crippen LogP contribution is -2.11. The van der Waals surface area contributed by atoms with E-state index in [1.807, 2.05) is 0 Å². The predicted octanol–water partition coefficient (Wildman–Crippen LogP) is 4.02. The van der Waals surface area contributed by atoms with Gasteiger partial charge in [0.1, 0.15) is 5.82 Å². The highest BCUT2D eigenvalue weighted by Crippen LogP contribution is 2.23. The summed E-state index contributed by atoms with van der Waals surface area (Å²) in [4.78, 5) is 0. The Labute approximate surface area is 99.0 Å². The standard InChI is InChI=1S/C12H17BrFN/c1-8(2)3-6-12(15)9-4-5-11(14)10(13)7-9/h4-5,7-8,12H,3,6,15H2,1-2H3/t12-/m1/s1. The number of rotatable bonds is 4. The van der Waals surface area contributed by atoms with Crippen LogP contribution in [0.15, 0.2) is 22.7 Å². The van der Waals surface area contributed by atoms with Crippen LogP contribution in [-0.4, -0.2) is 0 Å². The Bertz CT molecular complexity index is 325. The Morgan fingerprint density at radius 3 is 2.53 bits per heavy atom. The predicted molar refractivity (Wildman–Crippen MR) is 65.1 cm³/mol. The number of nitrogens with two attached hydrogens (primary N) is 1. The molecule has 0 heterocycles. The smallest absolute Gasteiger partial charge is 0.137 e. The van der Waals surface area contributed by atoms with Crippen LogP contribution in [0, 0.1) is 11.7 Å². The Hall–Kier alpha value is -0.410. The van der Waals surface area contributed by atoms with E-state index in [-0.39, 0.29) is 11.9 Å². The normalized spacial score (nSPS) is 13.2. The first-order valence-electron chi connectivity index (χ1n) is 5.21. The molecule has 0 saturated carbocycles. The zero-order valence-electron chi connectivity index (χ0n) is 9.13. The molecule has 0 amide bonds. The summed E-state index contributed by atoms with van der Waals surface area (Å²) in [7, 11) is 0. The van der Waals surface area contributed by atoms with Crippen molar-refractivity contribution in [3.63, 3.8) is 0 Å². The van der Waals surface area contributed by atoms with Crippen LogP contribution in [-0.2, 0) is 0 Å². The van der Waals surface area contributed by atoms with Crippen molar-refractivity contribution in [1.82, 2.24) is 0 Å². The van der Waals surface area contributed by atoms with Crippen molar-refractivity contribution in [1.29, 1.82) is 0 Å². The number of hydrogen-bond donors (Lipinski definition) is 1. The summed E-state index contributed by atoms with van der Waals surface area (Å²) in [6.45, 7) is 4.35. The van der Waals surface area contributed by atoms with E-state index >= 15 is 0 Å². The third-order valence-electron chi connectivity index (χ3n) is 2.43. The highest BCUT2D eigenvalue weighted by atomic mass is 79.9. The van der Waals surface area contributed by atoms with E-state index in [0.717, 1.165) is 18.4 Å². The minimum absolute atomic E-state index is 0.00398. The summed E-state index contributed by atoms with van der Waals surface area (Å²) in [5.41, 5.74) is 7.01. The monoisotopic (exact) mass is 273 g/mol. The molecule has 1 rings (SSSR count). The molecule has 0 aliphatic carbocycles. The highest BCUT2D eigenvalue weighted by molar-refractivity contribution is 9.10. The molecule has 0 aliphatic rings. The van der Waals surface area contributed by atoms with Crippen LogP contribution in [0.3, 0.4) is 0 Å². The fraction of sp³-hybridized carbons (Fsp3) is 0.500. The Morgan fingerprint density at radius 2 is 2.00 bits per heavy atom. The molecule has 1 aromatic carbocycles. The maximum atomic E-state index is 13.0. The molecule has 3 heteroatoms. The van der Waals surface area contributed by atoms with Crippen molar-refractivity contribution in [2.24, 2.45) is 11.7 Å². The molecule has 0 saturated heterocycles. The van der Waals surface area contributed by atoms with Crippen molar-refractivity contribution < 1.29 is 4.39 Å². The van der Waals surface area contributed by atoms with Gasteiger partial charge in [0.05, 0.1) is 4.47 Å². The lowest BCUT2D eigenvalue weighted by atomic mass is 9.98. The summed E-state index contributed by atoms with van der Waals surface area (Å²) in [5, 5.41) is 0. The quantitative estimate of drug-likeness (QED) is 0.881. The van der Waals surface area contributed by atoms with E-state index in [1.54, 1.807) is 12.1 Å². The van der Waals surface area contributed by atoms with Crippen LogP contribution >= 0.6 is 15.9 Å². The van der Waals surface area contributed by atoms with Gasteiger partial charge in [-0.1, -0.05) is 19.9 Å². The molecule has 0 unspecified atom stereocenters. The molecule has 0 fully saturated rings. The highest BCUT2D eigenvalue weighted by Gasteiger charge is 2.09. The zero-order chi connectivity index (χ0) is 11.4. The maximum Gasteiger partial charge on any atom is 0.137 e. The summed E-state index contributed by atoms with van der Waals surface area (Å²) in [6, 6.07) is 4.98. The first-order chi connectivity index (χ1) is 7.00. The van der Waals surface area contributed by atoms with Gasteiger partial charge in [0.25, 0.3) is 0 Å². The zero-order valence-corrected chi connectivity index (χ0v) is 10.7. The summed E-state index contributed by atoms with van der Waals surface area (Å²) in [5.74, 6) is 0.412. The van der Waals surface area contributed by atoms with E-state index in [2.05, 4.69) is 29.8 Å². The lowest BCUT2D eigenvalue weighted by molar-refractivity contribution is 0.506. The van der Waals surface area contributed by atoms with Crippen molar-refractivity contribution in [2.75, 3.05) is 0 Å². The van der Waals surface area contributed by atoms with Gasteiger partial charge in [-0.3, -0.25) is 0 Å². The third kappa shape index (κ3) is 3.92. The summed E-state index contributed by atoms with van der Waals surface area (Å²) >= 11 is 3.16. The summed E-state index contributed by atoms with van der Waals surface area (Å²) < 4.78 is 13.5. The molecule has 15 heavy (non-hydrogen) atoms. The first kappa shape index (κ1) is 12.7. The second-order valence-electron chi connectivity index (χ2n) is 4.25. The van der Waals surface area contributed by atoms with E-state index in [1.165, 1.54) is 6.07 Å². The largest absolute Gasteiger partial charge is 0.324 e. The van der Waals surface area contributed by atoms with Crippen LogP contribution < -0.4 is 5.73 Å². The molecule has 2 N–H and O–H groups in total. The van der Waals surface area contributed by atoms with Crippen molar-refractivity contribution in [3.05, 3.63) is 34.1 Å². The first-order valence-corrected chi connectivity index (χ1v) is 6.00. The van der Waals surface area contributed by atoms with Crippen LogP contribution in [0.5, 0.6) is 0 Å². The third-order valence-corrected chi connectivity index (χ3v) is 3.03. The van der Waals surface area contributed by atoms with Gasteiger partial charge in [-0.2, -0.15) is 0 Å². The number of benzene rings is 1. The van der Waals surface area contributed by atoms with Crippen molar-refractivity contribution in [3.8, 4) is 0 Å². The Morgan fingerprint density at radius 1 is 1.33 bits per heavy atom. The number of hydrogen-bond acceptors (Lipinski definition) is 1. The van der Waals surface area contributed by atoms with Gasteiger partial charge in [-0.05, 0) is 52.4 Å². The topological polar surface area (TPSA) is 26.0 Å². The summed E-state index contributed by atoms with van der Waals surface area (Å²) in [6.07, 6.45) is 2.03. The fourth-order valence-corrected chi connectivity index (χ4v) is 1.82. The van der Waals surface area contributed by atoms with E-state index < -0.39 is 0 Å². The Kier molecular flexibility index (Phi) is 4.74. The molecule has 0 spiro atoms. The van der Waals surface area contributed by atoms with Crippen LogP contribution in [0.25, 0.3) is 0 Å².